The SMILES string of the molecule is CC(C)(N)CNC(=O)c1ccc(NCc2ccccc2)c([N+](=O)[O-])c1.Cl. The van der Waals surface area contributed by atoms with Crippen LogP contribution < -0.4 is 16.4 Å². The molecule has 0 radical (unpaired) electrons. The van der Waals surface area contributed by atoms with Gasteiger partial charge in [0.2, 0.25) is 0 Å². The van der Waals surface area contributed by atoms with Gasteiger partial charge in [0, 0.05) is 30.3 Å². The molecule has 0 atom stereocenters. The Morgan fingerprint density at radius 2 is 1.85 bits per heavy atom. The highest BCUT2D eigenvalue weighted by molar-refractivity contribution is 5.95. The van der Waals surface area contributed by atoms with Gasteiger partial charge in [0.05, 0.1) is 4.92 Å². The first-order valence-electron chi connectivity index (χ1n) is 7.89. The number of carbonyl (C=O) groups is 1. The van der Waals surface area contributed by atoms with E-state index in [-0.39, 0.29) is 30.2 Å². The maximum atomic E-state index is 12.1. The minimum absolute atomic E-state index is 0. The van der Waals surface area contributed by atoms with Gasteiger partial charge in [0.1, 0.15) is 5.69 Å². The molecule has 0 saturated carbocycles. The van der Waals surface area contributed by atoms with Crippen molar-refractivity contribution in [2.45, 2.75) is 25.9 Å². The van der Waals surface area contributed by atoms with E-state index in [2.05, 4.69) is 10.6 Å². The number of nitrogens with zero attached hydrogens (tertiary/aromatic N) is 1. The van der Waals surface area contributed by atoms with Crippen LogP contribution in [0.3, 0.4) is 0 Å². The van der Waals surface area contributed by atoms with Crippen molar-refractivity contribution in [2.24, 2.45) is 5.73 Å². The molecule has 0 spiro atoms. The fourth-order valence-electron chi connectivity index (χ4n) is 2.18. The van der Waals surface area contributed by atoms with Gasteiger partial charge in [-0.15, -0.1) is 12.4 Å². The zero-order valence-corrected chi connectivity index (χ0v) is 15.5. The summed E-state index contributed by atoms with van der Waals surface area (Å²) in [6.07, 6.45) is 0. The maximum absolute atomic E-state index is 12.1. The number of halogens is 1. The van der Waals surface area contributed by atoms with E-state index in [0.29, 0.717) is 12.2 Å². The topological polar surface area (TPSA) is 110 Å². The third-order valence-corrected chi connectivity index (χ3v) is 3.49. The van der Waals surface area contributed by atoms with E-state index in [1.807, 2.05) is 30.3 Å². The largest absolute Gasteiger partial charge is 0.375 e. The lowest BCUT2D eigenvalue weighted by Crippen LogP contribution is -2.45. The third-order valence-electron chi connectivity index (χ3n) is 3.49. The molecule has 8 heteroatoms. The molecule has 0 fully saturated rings. The number of hydrogen-bond donors (Lipinski definition) is 3. The number of nitro groups is 1. The van der Waals surface area contributed by atoms with Gasteiger partial charge in [0.15, 0.2) is 0 Å². The molecule has 0 aromatic heterocycles. The van der Waals surface area contributed by atoms with Crippen LogP contribution in [0.4, 0.5) is 11.4 Å². The van der Waals surface area contributed by atoms with Crippen LogP contribution in [0.2, 0.25) is 0 Å². The van der Waals surface area contributed by atoms with Crippen molar-refractivity contribution in [1.29, 1.82) is 0 Å². The summed E-state index contributed by atoms with van der Waals surface area (Å²) >= 11 is 0. The number of anilines is 1. The molecule has 0 aliphatic carbocycles. The van der Waals surface area contributed by atoms with Gasteiger partial charge in [-0.1, -0.05) is 30.3 Å². The molecule has 7 nitrogen and oxygen atoms in total. The second kappa shape index (κ2) is 9.17. The predicted molar refractivity (Wildman–Crippen MR) is 105 cm³/mol. The van der Waals surface area contributed by atoms with Gasteiger partial charge in [0.25, 0.3) is 11.6 Å². The van der Waals surface area contributed by atoms with Crippen LogP contribution in [0.25, 0.3) is 0 Å². The smallest absolute Gasteiger partial charge is 0.293 e. The van der Waals surface area contributed by atoms with Gasteiger partial charge in [-0.3, -0.25) is 14.9 Å². The van der Waals surface area contributed by atoms with Crippen LogP contribution in [0.15, 0.2) is 48.5 Å². The van der Waals surface area contributed by atoms with Crippen LogP contribution in [0.1, 0.15) is 29.8 Å². The first kappa shape index (κ1) is 21.4. The van der Waals surface area contributed by atoms with Crippen molar-refractivity contribution in [3.05, 3.63) is 69.8 Å². The molecule has 0 bridgehead atoms. The van der Waals surface area contributed by atoms with Gasteiger partial charge in [-0.25, -0.2) is 0 Å². The van der Waals surface area contributed by atoms with Gasteiger partial charge in [-0.2, -0.15) is 0 Å². The standard InChI is InChI=1S/C18H22N4O3.ClH/c1-18(2,19)12-21-17(23)14-8-9-15(16(10-14)22(24)25)20-11-13-6-4-3-5-7-13;/h3-10,20H,11-12,19H2,1-2H3,(H,21,23);1H. The minimum Gasteiger partial charge on any atom is -0.375 e. The van der Waals surface area contributed by atoms with Gasteiger partial charge >= 0.3 is 0 Å². The number of rotatable bonds is 7. The molecule has 0 saturated heterocycles. The van der Waals surface area contributed by atoms with Crippen LogP contribution in [-0.4, -0.2) is 22.9 Å². The Balaban J connectivity index is 0.00000338. The van der Waals surface area contributed by atoms with E-state index >= 15 is 0 Å². The maximum Gasteiger partial charge on any atom is 0.293 e. The summed E-state index contributed by atoms with van der Waals surface area (Å²) < 4.78 is 0. The molecule has 0 unspecified atom stereocenters. The van der Waals surface area contributed by atoms with Crippen LogP contribution in [0, 0.1) is 10.1 Å². The Kier molecular flexibility index (Phi) is 7.55. The van der Waals surface area contributed by atoms with Crippen LogP contribution >= 0.6 is 12.4 Å². The zero-order valence-electron chi connectivity index (χ0n) is 14.7. The normalized spacial score (nSPS) is 10.6. The molecule has 26 heavy (non-hydrogen) atoms. The lowest BCUT2D eigenvalue weighted by molar-refractivity contribution is -0.384. The highest BCUT2D eigenvalue weighted by Crippen LogP contribution is 2.26. The first-order valence-corrected chi connectivity index (χ1v) is 7.89. The highest BCUT2D eigenvalue weighted by atomic mass is 35.5. The first-order chi connectivity index (χ1) is 11.8. The lowest BCUT2D eigenvalue weighted by atomic mass is 10.1. The molecule has 1 amide bonds. The summed E-state index contributed by atoms with van der Waals surface area (Å²) in [7, 11) is 0. The van der Waals surface area contributed by atoms with E-state index in [1.165, 1.54) is 6.07 Å². The fourth-order valence-corrected chi connectivity index (χ4v) is 2.18. The van der Waals surface area contributed by atoms with Crippen molar-refractivity contribution in [3.8, 4) is 0 Å². The fraction of sp³-hybridized carbons (Fsp3) is 0.278. The van der Waals surface area contributed by atoms with Crippen LogP contribution in [-0.2, 0) is 6.54 Å². The number of benzene rings is 2. The Hall–Kier alpha value is -2.64. The molecule has 0 heterocycles. The van der Waals surface area contributed by atoms with E-state index in [9.17, 15) is 14.9 Å². The van der Waals surface area contributed by atoms with Crippen molar-refractivity contribution in [1.82, 2.24) is 5.32 Å². The average Bonchev–Trinajstić information content (AvgIpc) is 2.58. The molecule has 0 aliphatic rings. The molecule has 2 rings (SSSR count). The summed E-state index contributed by atoms with van der Waals surface area (Å²) in [4.78, 5) is 23.0. The monoisotopic (exact) mass is 378 g/mol. The van der Waals surface area contributed by atoms with E-state index < -0.39 is 16.4 Å². The van der Waals surface area contributed by atoms with Crippen molar-refractivity contribution in [2.75, 3.05) is 11.9 Å². The van der Waals surface area contributed by atoms with Crippen molar-refractivity contribution < 1.29 is 9.72 Å². The average molecular weight is 379 g/mol. The Morgan fingerprint density at radius 3 is 2.42 bits per heavy atom. The minimum atomic E-state index is -0.557. The summed E-state index contributed by atoms with van der Waals surface area (Å²) in [5.74, 6) is -0.392. The molecule has 0 aliphatic heterocycles. The summed E-state index contributed by atoms with van der Waals surface area (Å²) in [6.45, 7) is 4.29. The van der Waals surface area contributed by atoms with Gasteiger partial charge in [-0.05, 0) is 31.5 Å². The predicted octanol–water partition coefficient (Wildman–Crippen LogP) is 3.10. The number of nitro benzene ring substituents is 1. The molecule has 2 aromatic rings. The van der Waals surface area contributed by atoms with Crippen molar-refractivity contribution in [3.63, 3.8) is 0 Å². The number of hydrogen-bond acceptors (Lipinski definition) is 5. The van der Waals surface area contributed by atoms with E-state index in [4.69, 9.17) is 5.73 Å². The summed E-state index contributed by atoms with van der Waals surface area (Å²) in [5, 5.41) is 17.1. The van der Waals surface area contributed by atoms with E-state index in [0.717, 1.165) is 5.56 Å². The van der Waals surface area contributed by atoms with Crippen LogP contribution in [0.5, 0.6) is 0 Å². The lowest BCUT2D eigenvalue weighted by Gasteiger charge is -2.19. The number of amides is 1. The second-order valence-corrected chi connectivity index (χ2v) is 6.50. The Morgan fingerprint density at radius 1 is 1.19 bits per heavy atom. The molecule has 2 aromatic carbocycles. The summed E-state index contributed by atoms with van der Waals surface area (Å²) in [6, 6.07) is 13.9. The van der Waals surface area contributed by atoms with Gasteiger partial charge < -0.3 is 16.4 Å². The van der Waals surface area contributed by atoms with E-state index in [1.54, 1.807) is 26.0 Å². The Labute approximate surface area is 158 Å². The third kappa shape index (κ3) is 6.34. The summed E-state index contributed by atoms with van der Waals surface area (Å²) in [5.41, 5.74) is 6.72. The molecule has 4 N–H and O–H groups in total. The second-order valence-electron chi connectivity index (χ2n) is 6.50. The Bertz CT molecular complexity index is 761. The highest BCUT2D eigenvalue weighted by Gasteiger charge is 2.19. The number of nitrogens with two attached hydrogens (primary N) is 1. The van der Waals surface area contributed by atoms with Crippen molar-refractivity contribution >= 4 is 29.7 Å². The molecular weight excluding hydrogens is 356 g/mol. The number of carbonyl (C=O) groups excluding carboxylic acids is 1. The molecular formula is C18H23ClN4O3. The molecule has 140 valence electrons. The number of nitrogens with one attached hydrogen (secondary N) is 2. The quantitative estimate of drug-likeness (QED) is 0.506. The zero-order chi connectivity index (χ0) is 18.4.